The second kappa shape index (κ2) is 9.09. The highest BCUT2D eigenvalue weighted by Gasteiger charge is 2.35. The van der Waals surface area contributed by atoms with E-state index in [0.29, 0.717) is 5.92 Å². The molecule has 130 valence electrons. The van der Waals surface area contributed by atoms with Crippen molar-refractivity contribution in [2.75, 3.05) is 32.7 Å². The Morgan fingerprint density at radius 1 is 1.26 bits per heavy atom. The van der Waals surface area contributed by atoms with Gasteiger partial charge in [-0.25, -0.2) is 0 Å². The maximum atomic E-state index is 12.8. The molecule has 2 saturated heterocycles. The zero-order valence-electron chi connectivity index (χ0n) is 13.1. The number of halogens is 3. The smallest absolute Gasteiger partial charge is 0.226 e. The summed E-state index contributed by atoms with van der Waals surface area (Å²) >= 11 is 6.10. The van der Waals surface area contributed by atoms with E-state index in [2.05, 4.69) is 23.6 Å². The highest BCUT2D eigenvalue weighted by Crippen LogP contribution is 2.28. The van der Waals surface area contributed by atoms with Gasteiger partial charge in [0.2, 0.25) is 5.91 Å². The average Bonchev–Trinajstić information content (AvgIpc) is 2.44. The minimum absolute atomic E-state index is 0. The summed E-state index contributed by atoms with van der Waals surface area (Å²) < 4.78 is 0. The summed E-state index contributed by atoms with van der Waals surface area (Å²) in [7, 11) is 0. The molecule has 0 aromatic heterocycles. The van der Waals surface area contributed by atoms with Crippen molar-refractivity contribution >= 4 is 42.3 Å². The van der Waals surface area contributed by atoms with Gasteiger partial charge in [-0.05, 0) is 36.7 Å². The van der Waals surface area contributed by atoms with Crippen molar-refractivity contribution in [2.24, 2.45) is 11.8 Å². The monoisotopic (exact) mass is 379 g/mol. The van der Waals surface area contributed by atoms with E-state index in [-0.39, 0.29) is 42.7 Å². The largest absolute Gasteiger partial charge is 0.333 e. The average molecular weight is 381 g/mol. The molecule has 1 aromatic carbocycles. The number of nitrogens with zero attached hydrogens (tertiary/aromatic N) is 1. The molecule has 0 bridgehead atoms. The van der Waals surface area contributed by atoms with Crippen LogP contribution in [0.5, 0.6) is 0 Å². The molecule has 2 aliphatic heterocycles. The number of benzene rings is 1. The van der Waals surface area contributed by atoms with E-state index >= 15 is 0 Å². The van der Waals surface area contributed by atoms with Crippen molar-refractivity contribution in [3.8, 4) is 0 Å². The van der Waals surface area contributed by atoms with Crippen LogP contribution < -0.4 is 10.6 Å². The second-order valence-electron chi connectivity index (χ2n) is 6.01. The Kier molecular flexibility index (Phi) is 8.11. The number of piperazine rings is 1. The number of hydrogen-bond acceptors (Lipinski definition) is 3. The number of carbonyl (C=O) groups is 1. The number of amides is 1. The molecule has 2 heterocycles. The molecule has 2 N–H and O–H groups in total. The molecule has 3 rings (SSSR count). The van der Waals surface area contributed by atoms with Gasteiger partial charge in [0.05, 0.1) is 6.04 Å². The Morgan fingerprint density at radius 3 is 2.61 bits per heavy atom. The van der Waals surface area contributed by atoms with Gasteiger partial charge in [0, 0.05) is 30.6 Å². The minimum atomic E-state index is 0. The first-order chi connectivity index (χ1) is 10.2. The zero-order chi connectivity index (χ0) is 14.8. The molecule has 2 aliphatic rings. The lowest BCUT2D eigenvalue weighted by Crippen LogP contribution is -2.54. The fourth-order valence-corrected chi connectivity index (χ4v) is 3.31. The number of nitrogens with one attached hydrogen (secondary N) is 2. The third kappa shape index (κ3) is 4.52. The normalized spacial score (nSPS) is 22.3. The molecule has 7 heteroatoms. The molecule has 2 unspecified atom stereocenters. The van der Waals surface area contributed by atoms with Gasteiger partial charge < -0.3 is 15.5 Å². The van der Waals surface area contributed by atoms with Crippen LogP contribution in [0, 0.1) is 11.8 Å². The molecule has 1 amide bonds. The lowest BCUT2D eigenvalue weighted by atomic mass is 9.87. The van der Waals surface area contributed by atoms with Crippen LogP contribution in [-0.2, 0) is 4.79 Å². The Labute approximate surface area is 155 Å². The summed E-state index contributed by atoms with van der Waals surface area (Å²) in [4.78, 5) is 14.9. The van der Waals surface area contributed by atoms with E-state index in [1.165, 1.54) is 0 Å². The summed E-state index contributed by atoms with van der Waals surface area (Å²) in [5.74, 6) is 0.839. The van der Waals surface area contributed by atoms with Gasteiger partial charge in [-0.15, -0.1) is 24.8 Å². The van der Waals surface area contributed by atoms with E-state index in [4.69, 9.17) is 11.6 Å². The van der Waals surface area contributed by atoms with Gasteiger partial charge >= 0.3 is 0 Å². The van der Waals surface area contributed by atoms with E-state index in [0.717, 1.165) is 43.3 Å². The molecule has 0 radical (unpaired) electrons. The fourth-order valence-electron chi connectivity index (χ4n) is 3.11. The lowest BCUT2D eigenvalue weighted by molar-refractivity contribution is -0.140. The maximum Gasteiger partial charge on any atom is 0.226 e. The van der Waals surface area contributed by atoms with Crippen LogP contribution in [0.3, 0.4) is 0 Å². The van der Waals surface area contributed by atoms with Crippen LogP contribution in [0.4, 0.5) is 0 Å². The van der Waals surface area contributed by atoms with Gasteiger partial charge in [-0.1, -0.05) is 30.7 Å². The predicted octanol–water partition coefficient (Wildman–Crippen LogP) is 2.51. The summed E-state index contributed by atoms with van der Waals surface area (Å²) in [5.41, 5.74) is 1.11. The number of rotatable bonds is 3. The Balaban J connectivity index is 0.00000132. The molecule has 2 atom stereocenters. The fraction of sp³-hybridized carbons (Fsp3) is 0.562. The maximum absolute atomic E-state index is 12.8. The van der Waals surface area contributed by atoms with Crippen LogP contribution in [-0.4, -0.2) is 43.5 Å². The molecule has 1 aromatic rings. The third-order valence-corrected chi connectivity index (χ3v) is 4.90. The van der Waals surface area contributed by atoms with Gasteiger partial charge in [-0.3, -0.25) is 4.79 Å². The Hall–Kier alpha value is -0.520. The highest BCUT2D eigenvalue weighted by atomic mass is 35.5. The van der Waals surface area contributed by atoms with Gasteiger partial charge in [0.15, 0.2) is 0 Å². The summed E-state index contributed by atoms with van der Waals surface area (Å²) in [6, 6.07) is 7.93. The third-order valence-electron chi connectivity index (χ3n) is 4.67. The molecular formula is C16H24Cl3N3O. The predicted molar refractivity (Wildman–Crippen MR) is 98.8 cm³/mol. The van der Waals surface area contributed by atoms with Crippen LogP contribution in [0.25, 0.3) is 0 Å². The quantitative estimate of drug-likeness (QED) is 0.847. The molecule has 23 heavy (non-hydrogen) atoms. The Morgan fingerprint density at radius 2 is 2.00 bits per heavy atom. The van der Waals surface area contributed by atoms with Crippen molar-refractivity contribution < 1.29 is 4.79 Å². The van der Waals surface area contributed by atoms with Gasteiger partial charge in [-0.2, -0.15) is 0 Å². The van der Waals surface area contributed by atoms with E-state index < -0.39 is 0 Å². The van der Waals surface area contributed by atoms with Crippen LogP contribution in [0.2, 0.25) is 5.02 Å². The lowest BCUT2D eigenvalue weighted by Gasteiger charge is -2.41. The van der Waals surface area contributed by atoms with Crippen molar-refractivity contribution in [3.63, 3.8) is 0 Å². The first kappa shape index (κ1) is 20.5. The molecule has 0 spiro atoms. The molecule has 4 nitrogen and oxygen atoms in total. The van der Waals surface area contributed by atoms with Crippen molar-refractivity contribution in [1.82, 2.24) is 15.5 Å². The van der Waals surface area contributed by atoms with E-state index in [1.807, 2.05) is 23.1 Å². The van der Waals surface area contributed by atoms with Crippen molar-refractivity contribution in [1.29, 1.82) is 0 Å². The van der Waals surface area contributed by atoms with E-state index in [1.54, 1.807) is 0 Å². The molecule has 0 aliphatic carbocycles. The van der Waals surface area contributed by atoms with Crippen molar-refractivity contribution in [2.45, 2.75) is 13.0 Å². The van der Waals surface area contributed by atoms with Crippen LogP contribution in [0.15, 0.2) is 24.3 Å². The minimum Gasteiger partial charge on any atom is -0.333 e. The summed E-state index contributed by atoms with van der Waals surface area (Å²) in [5, 5.41) is 7.36. The topological polar surface area (TPSA) is 44.4 Å². The highest BCUT2D eigenvalue weighted by molar-refractivity contribution is 6.30. The zero-order valence-corrected chi connectivity index (χ0v) is 15.5. The van der Waals surface area contributed by atoms with Gasteiger partial charge in [0.25, 0.3) is 0 Å². The van der Waals surface area contributed by atoms with Crippen molar-refractivity contribution in [3.05, 3.63) is 34.9 Å². The SMILES string of the molecule is CC(C(=O)N1CCNCC1c1cccc(Cl)c1)C1CNC1.Cl.Cl. The second-order valence-corrected chi connectivity index (χ2v) is 6.45. The number of hydrogen-bond donors (Lipinski definition) is 2. The Bertz CT molecular complexity index is 525. The summed E-state index contributed by atoms with van der Waals surface area (Å²) in [6.45, 7) is 6.40. The van der Waals surface area contributed by atoms with Crippen LogP contribution in [0.1, 0.15) is 18.5 Å². The standard InChI is InChI=1S/C16H22ClN3O.2ClH/c1-11(13-8-19-9-13)16(21)20-6-5-18-10-15(20)12-3-2-4-14(17)7-12;;/h2-4,7,11,13,15,18-19H,5-6,8-10H2,1H3;2*1H. The summed E-state index contributed by atoms with van der Waals surface area (Å²) in [6.07, 6.45) is 0. The molecular weight excluding hydrogens is 357 g/mol. The van der Waals surface area contributed by atoms with Crippen LogP contribution >= 0.6 is 36.4 Å². The first-order valence-corrected chi connectivity index (χ1v) is 8.02. The molecule has 0 saturated carbocycles. The number of carbonyl (C=O) groups excluding carboxylic acids is 1. The van der Waals surface area contributed by atoms with Gasteiger partial charge in [0.1, 0.15) is 0 Å². The molecule has 2 fully saturated rings. The van der Waals surface area contributed by atoms with E-state index in [9.17, 15) is 4.79 Å². The first-order valence-electron chi connectivity index (χ1n) is 7.64.